The van der Waals surface area contributed by atoms with Crippen LogP contribution in [0.25, 0.3) is 11.1 Å². The summed E-state index contributed by atoms with van der Waals surface area (Å²) in [4.78, 5) is 26.2. The third-order valence-electron chi connectivity index (χ3n) is 5.36. The molecule has 2 aromatic carbocycles. The van der Waals surface area contributed by atoms with E-state index in [0.29, 0.717) is 25.9 Å². The van der Waals surface area contributed by atoms with E-state index in [1.807, 2.05) is 25.1 Å². The van der Waals surface area contributed by atoms with Crippen LogP contribution in [0.15, 0.2) is 54.6 Å². The number of amides is 2. The lowest BCUT2D eigenvalue weighted by Crippen LogP contribution is -2.53. The van der Waals surface area contributed by atoms with Crippen LogP contribution in [-0.4, -0.2) is 29.8 Å². The predicted molar refractivity (Wildman–Crippen MR) is 103 cm³/mol. The molecule has 0 saturated carbocycles. The zero-order valence-electron chi connectivity index (χ0n) is 15.3. The van der Waals surface area contributed by atoms with Crippen molar-refractivity contribution < 1.29 is 9.59 Å². The number of carbonyl (C=O) groups is 2. The van der Waals surface area contributed by atoms with Gasteiger partial charge in [-0.1, -0.05) is 61.5 Å². The van der Waals surface area contributed by atoms with Gasteiger partial charge in [0.05, 0.1) is 5.41 Å². The monoisotopic (exact) mass is 350 g/mol. The summed E-state index contributed by atoms with van der Waals surface area (Å²) in [7, 11) is 0. The molecule has 3 rings (SSSR count). The molecule has 1 heterocycles. The number of rotatable bonds is 5. The van der Waals surface area contributed by atoms with Crippen molar-refractivity contribution in [3.63, 3.8) is 0 Å². The summed E-state index contributed by atoms with van der Waals surface area (Å²) in [6, 6.07) is 18.5. The first kappa shape index (κ1) is 18.2. The van der Waals surface area contributed by atoms with Gasteiger partial charge in [0, 0.05) is 19.5 Å². The molecule has 4 heteroatoms. The molecule has 2 N–H and O–H groups in total. The molecule has 2 amide bonds. The second-order valence-corrected chi connectivity index (χ2v) is 7.16. The highest BCUT2D eigenvalue weighted by molar-refractivity contribution is 5.83. The van der Waals surface area contributed by atoms with E-state index in [4.69, 9.17) is 5.73 Å². The number of nitrogens with zero attached hydrogens (tertiary/aromatic N) is 1. The highest BCUT2D eigenvalue weighted by Crippen LogP contribution is 2.34. The van der Waals surface area contributed by atoms with Gasteiger partial charge in [-0.15, -0.1) is 0 Å². The van der Waals surface area contributed by atoms with Gasteiger partial charge in [0.25, 0.3) is 0 Å². The molecule has 0 aliphatic carbocycles. The third kappa shape index (κ3) is 3.79. The summed E-state index contributed by atoms with van der Waals surface area (Å²) >= 11 is 0. The van der Waals surface area contributed by atoms with Gasteiger partial charge in [-0.05, 0) is 36.0 Å². The van der Waals surface area contributed by atoms with E-state index >= 15 is 0 Å². The van der Waals surface area contributed by atoms with E-state index in [1.165, 1.54) is 5.56 Å². The molecule has 0 bridgehead atoms. The zero-order valence-corrected chi connectivity index (χ0v) is 15.3. The Hall–Kier alpha value is -2.62. The van der Waals surface area contributed by atoms with E-state index in [9.17, 15) is 9.59 Å². The summed E-state index contributed by atoms with van der Waals surface area (Å²) in [6.07, 6.45) is 2.58. The maximum Gasteiger partial charge on any atom is 0.225 e. The maximum absolute atomic E-state index is 12.3. The number of hydrogen-bond donors (Lipinski definition) is 1. The second-order valence-electron chi connectivity index (χ2n) is 7.16. The van der Waals surface area contributed by atoms with Gasteiger partial charge in [0.2, 0.25) is 11.8 Å². The number of primary amides is 1. The quantitative estimate of drug-likeness (QED) is 0.898. The molecule has 26 heavy (non-hydrogen) atoms. The Balaban J connectivity index is 1.80. The fourth-order valence-corrected chi connectivity index (χ4v) is 3.84. The molecule has 1 aliphatic rings. The first-order valence-electron chi connectivity index (χ1n) is 9.26. The lowest BCUT2D eigenvalue weighted by atomic mass is 9.74. The highest BCUT2D eigenvalue weighted by atomic mass is 16.2. The first-order valence-corrected chi connectivity index (χ1v) is 9.26. The molecule has 4 nitrogen and oxygen atoms in total. The maximum atomic E-state index is 12.3. The summed E-state index contributed by atoms with van der Waals surface area (Å²) < 4.78 is 0. The van der Waals surface area contributed by atoms with E-state index < -0.39 is 5.41 Å². The number of benzene rings is 2. The molecule has 0 spiro atoms. The van der Waals surface area contributed by atoms with Crippen LogP contribution in [-0.2, 0) is 16.0 Å². The Morgan fingerprint density at radius 2 is 1.69 bits per heavy atom. The first-order chi connectivity index (χ1) is 12.5. The van der Waals surface area contributed by atoms with Crippen molar-refractivity contribution in [3.05, 3.63) is 60.2 Å². The van der Waals surface area contributed by atoms with Crippen molar-refractivity contribution in [2.45, 2.75) is 32.6 Å². The Morgan fingerprint density at radius 1 is 1.04 bits per heavy atom. The molecular weight excluding hydrogens is 324 g/mol. The number of carbonyl (C=O) groups excluding carboxylic acids is 2. The molecule has 2 aromatic rings. The molecule has 136 valence electrons. The van der Waals surface area contributed by atoms with Crippen molar-refractivity contribution in [3.8, 4) is 11.1 Å². The van der Waals surface area contributed by atoms with Crippen molar-refractivity contribution in [1.29, 1.82) is 0 Å². The van der Waals surface area contributed by atoms with Gasteiger partial charge in [-0.3, -0.25) is 9.59 Å². The predicted octanol–water partition coefficient (Wildman–Crippen LogP) is 3.40. The average molecular weight is 350 g/mol. The van der Waals surface area contributed by atoms with Crippen LogP contribution in [0.2, 0.25) is 0 Å². The van der Waals surface area contributed by atoms with E-state index in [2.05, 4.69) is 36.4 Å². The van der Waals surface area contributed by atoms with Gasteiger partial charge in [0.15, 0.2) is 0 Å². The van der Waals surface area contributed by atoms with Crippen LogP contribution in [0.5, 0.6) is 0 Å². The largest absolute Gasteiger partial charge is 0.369 e. The van der Waals surface area contributed by atoms with E-state index in [-0.39, 0.29) is 11.8 Å². The standard InChI is InChI=1S/C22H26N2O2/c1-2-20(25)24-14-6-13-22(16-24,21(23)26)15-17-9-11-19(12-10-17)18-7-4-3-5-8-18/h3-5,7-12H,2,6,13-16H2,1H3,(H2,23,26). The van der Waals surface area contributed by atoms with Crippen LogP contribution >= 0.6 is 0 Å². The minimum absolute atomic E-state index is 0.0924. The van der Waals surface area contributed by atoms with Crippen LogP contribution in [0.1, 0.15) is 31.7 Å². The highest BCUT2D eigenvalue weighted by Gasteiger charge is 2.41. The normalized spacial score (nSPS) is 20.0. The number of nitrogens with two attached hydrogens (primary N) is 1. The summed E-state index contributed by atoms with van der Waals surface area (Å²) in [5, 5.41) is 0. The molecule has 1 unspecified atom stereocenters. The number of hydrogen-bond acceptors (Lipinski definition) is 2. The minimum Gasteiger partial charge on any atom is -0.369 e. The van der Waals surface area contributed by atoms with Gasteiger partial charge in [-0.2, -0.15) is 0 Å². The molecule has 0 aromatic heterocycles. The molecule has 1 saturated heterocycles. The molecule has 0 radical (unpaired) electrons. The van der Waals surface area contributed by atoms with Gasteiger partial charge >= 0.3 is 0 Å². The van der Waals surface area contributed by atoms with Crippen molar-refractivity contribution in [2.75, 3.05) is 13.1 Å². The Labute approximate surface area is 155 Å². The third-order valence-corrected chi connectivity index (χ3v) is 5.36. The molecular formula is C22H26N2O2. The van der Waals surface area contributed by atoms with Crippen molar-refractivity contribution >= 4 is 11.8 Å². The van der Waals surface area contributed by atoms with Crippen LogP contribution in [0.3, 0.4) is 0 Å². The molecule has 1 aliphatic heterocycles. The zero-order chi connectivity index (χ0) is 18.6. The second kappa shape index (κ2) is 7.73. The lowest BCUT2D eigenvalue weighted by Gasteiger charge is -2.41. The van der Waals surface area contributed by atoms with E-state index in [0.717, 1.165) is 24.0 Å². The SMILES string of the molecule is CCC(=O)N1CCCC(Cc2ccc(-c3ccccc3)cc2)(C(N)=O)C1. The Kier molecular flexibility index (Phi) is 5.40. The van der Waals surface area contributed by atoms with Crippen LogP contribution in [0, 0.1) is 5.41 Å². The van der Waals surface area contributed by atoms with Crippen molar-refractivity contribution in [2.24, 2.45) is 11.1 Å². The average Bonchev–Trinajstić information content (AvgIpc) is 2.68. The summed E-state index contributed by atoms with van der Waals surface area (Å²) in [5.41, 5.74) is 8.52. The number of likely N-dealkylation sites (tertiary alicyclic amines) is 1. The number of piperidine rings is 1. The summed E-state index contributed by atoms with van der Waals surface area (Å²) in [5.74, 6) is -0.215. The minimum atomic E-state index is -0.669. The van der Waals surface area contributed by atoms with Crippen LogP contribution in [0.4, 0.5) is 0 Å². The van der Waals surface area contributed by atoms with Crippen LogP contribution < -0.4 is 5.73 Å². The van der Waals surface area contributed by atoms with Gasteiger partial charge < -0.3 is 10.6 Å². The Bertz CT molecular complexity index is 770. The Morgan fingerprint density at radius 3 is 2.31 bits per heavy atom. The summed E-state index contributed by atoms with van der Waals surface area (Å²) in [6.45, 7) is 3.00. The van der Waals surface area contributed by atoms with Gasteiger partial charge in [-0.25, -0.2) is 0 Å². The van der Waals surface area contributed by atoms with Crippen molar-refractivity contribution in [1.82, 2.24) is 4.90 Å². The fourth-order valence-electron chi connectivity index (χ4n) is 3.84. The molecule has 1 atom stereocenters. The lowest BCUT2D eigenvalue weighted by molar-refractivity contribution is -0.139. The topological polar surface area (TPSA) is 63.4 Å². The smallest absolute Gasteiger partial charge is 0.225 e. The van der Waals surface area contributed by atoms with Gasteiger partial charge in [0.1, 0.15) is 0 Å². The molecule has 1 fully saturated rings. The van der Waals surface area contributed by atoms with E-state index in [1.54, 1.807) is 4.90 Å². The fraction of sp³-hybridized carbons (Fsp3) is 0.364.